The fraction of sp³-hybridized carbons (Fsp3) is 0.500. The molecule has 0 atom stereocenters. The van der Waals surface area contributed by atoms with E-state index in [0.29, 0.717) is 5.82 Å². The van der Waals surface area contributed by atoms with Crippen LogP contribution in [0.1, 0.15) is 44.9 Å². The average Bonchev–Trinajstić information content (AvgIpc) is 3.57. The summed E-state index contributed by atoms with van der Waals surface area (Å²) in [5, 5.41) is 10.4. The van der Waals surface area contributed by atoms with Crippen molar-refractivity contribution < 1.29 is 4.79 Å². The number of aryl methyl sites for hydroxylation is 1. The summed E-state index contributed by atoms with van der Waals surface area (Å²) in [6.07, 6.45) is 14.1. The molecule has 0 radical (unpaired) electrons. The van der Waals surface area contributed by atoms with Crippen LogP contribution in [0.15, 0.2) is 36.8 Å². The molecule has 1 saturated carbocycles. The van der Waals surface area contributed by atoms with E-state index in [2.05, 4.69) is 36.8 Å². The van der Waals surface area contributed by atoms with E-state index in [0.717, 1.165) is 54.5 Å². The molecule has 8 heteroatoms. The first-order valence-electron chi connectivity index (χ1n) is 11.8. The second kappa shape index (κ2) is 9.65. The minimum Gasteiger partial charge on any atom is -0.335 e. The number of amides is 2. The van der Waals surface area contributed by atoms with Crippen LogP contribution in [0.3, 0.4) is 0 Å². The molecule has 3 aromatic heterocycles. The molecule has 5 rings (SSSR count). The number of carbonyl (C=O) groups excluding carboxylic acids is 1. The lowest BCUT2D eigenvalue weighted by molar-refractivity contribution is 0.248. The van der Waals surface area contributed by atoms with Crippen LogP contribution in [0.5, 0.6) is 0 Å². The molecule has 168 valence electrons. The molecule has 1 aliphatic carbocycles. The van der Waals surface area contributed by atoms with Gasteiger partial charge in [-0.25, -0.2) is 9.78 Å². The van der Waals surface area contributed by atoms with E-state index >= 15 is 0 Å². The number of aromatic nitrogens is 4. The van der Waals surface area contributed by atoms with Gasteiger partial charge >= 0.3 is 6.03 Å². The number of urea groups is 1. The standard InChI is InChI=1S/C24H31N7O/c32-24(27-20-6-1-2-7-20)29-23-9-8-21-22(28-23)14-18(15-25-21)19-16-26-31(17-19)13-5-12-30-10-3-4-11-30/h8-9,14-17,20H,1-7,10-13H2,(H2,27,28,29,32). The summed E-state index contributed by atoms with van der Waals surface area (Å²) in [7, 11) is 0. The maximum atomic E-state index is 12.3. The van der Waals surface area contributed by atoms with E-state index in [1.807, 2.05) is 29.2 Å². The summed E-state index contributed by atoms with van der Waals surface area (Å²) in [6.45, 7) is 4.53. The quantitative estimate of drug-likeness (QED) is 0.587. The molecule has 3 aromatic rings. The Morgan fingerprint density at radius 2 is 1.84 bits per heavy atom. The summed E-state index contributed by atoms with van der Waals surface area (Å²) in [6, 6.07) is 5.77. The Bertz CT molecular complexity index is 1070. The number of rotatable bonds is 7. The van der Waals surface area contributed by atoms with Gasteiger partial charge in [-0.1, -0.05) is 12.8 Å². The van der Waals surface area contributed by atoms with E-state index < -0.39 is 0 Å². The zero-order chi connectivity index (χ0) is 21.8. The van der Waals surface area contributed by atoms with Crippen LogP contribution in [0.4, 0.5) is 10.6 Å². The Morgan fingerprint density at radius 1 is 1.00 bits per heavy atom. The highest BCUT2D eigenvalue weighted by Crippen LogP contribution is 2.23. The van der Waals surface area contributed by atoms with Crippen molar-refractivity contribution >= 4 is 22.9 Å². The van der Waals surface area contributed by atoms with E-state index in [-0.39, 0.29) is 12.1 Å². The number of hydrogen-bond donors (Lipinski definition) is 2. The van der Waals surface area contributed by atoms with E-state index in [4.69, 9.17) is 0 Å². The highest BCUT2D eigenvalue weighted by atomic mass is 16.2. The fourth-order valence-electron chi connectivity index (χ4n) is 4.74. The summed E-state index contributed by atoms with van der Waals surface area (Å²) >= 11 is 0. The SMILES string of the molecule is O=C(Nc1ccc2ncc(-c3cnn(CCCN4CCCC4)c3)cc2n1)NC1CCCC1. The number of pyridine rings is 2. The number of fused-ring (bicyclic) bond motifs is 1. The molecular formula is C24H31N7O. The predicted octanol–water partition coefficient (Wildman–Crippen LogP) is 4.04. The molecule has 1 saturated heterocycles. The van der Waals surface area contributed by atoms with Gasteiger partial charge in [-0.05, 0) is 69.9 Å². The molecule has 8 nitrogen and oxygen atoms in total. The van der Waals surface area contributed by atoms with Gasteiger partial charge in [0, 0.05) is 36.1 Å². The first-order chi connectivity index (χ1) is 15.7. The van der Waals surface area contributed by atoms with Gasteiger partial charge in [0.25, 0.3) is 0 Å². The molecule has 2 fully saturated rings. The van der Waals surface area contributed by atoms with Crippen LogP contribution < -0.4 is 10.6 Å². The summed E-state index contributed by atoms with van der Waals surface area (Å²) in [5.41, 5.74) is 3.56. The minimum absolute atomic E-state index is 0.192. The van der Waals surface area contributed by atoms with E-state index in [1.165, 1.54) is 38.8 Å². The maximum Gasteiger partial charge on any atom is 0.320 e. The largest absolute Gasteiger partial charge is 0.335 e. The van der Waals surface area contributed by atoms with Crippen LogP contribution >= 0.6 is 0 Å². The van der Waals surface area contributed by atoms with Crippen molar-refractivity contribution in [3.63, 3.8) is 0 Å². The third kappa shape index (κ3) is 5.07. The smallest absolute Gasteiger partial charge is 0.320 e. The third-order valence-electron chi connectivity index (χ3n) is 6.50. The summed E-state index contributed by atoms with van der Waals surface area (Å²) < 4.78 is 2.01. The van der Waals surface area contributed by atoms with Gasteiger partial charge in [0.1, 0.15) is 5.82 Å². The van der Waals surface area contributed by atoms with Crippen molar-refractivity contribution in [2.45, 2.75) is 57.5 Å². The Morgan fingerprint density at radius 3 is 2.69 bits per heavy atom. The van der Waals surface area contributed by atoms with Gasteiger partial charge in [-0.3, -0.25) is 15.0 Å². The monoisotopic (exact) mass is 433 g/mol. The molecular weight excluding hydrogens is 402 g/mol. The minimum atomic E-state index is -0.192. The highest BCUT2D eigenvalue weighted by Gasteiger charge is 2.17. The van der Waals surface area contributed by atoms with Gasteiger partial charge in [0.2, 0.25) is 0 Å². The molecule has 4 heterocycles. The van der Waals surface area contributed by atoms with Crippen LogP contribution in [-0.4, -0.2) is 56.4 Å². The van der Waals surface area contributed by atoms with Crippen LogP contribution in [0.2, 0.25) is 0 Å². The van der Waals surface area contributed by atoms with Crippen molar-refractivity contribution in [3.8, 4) is 11.1 Å². The van der Waals surface area contributed by atoms with Gasteiger partial charge in [0.05, 0.1) is 17.2 Å². The van der Waals surface area contributed by atoms with Crippen LogP contribution in [0, 0.1) is 0 Å². The summed E-state index contributed by atoms with van der Waals surface area (Å²) in [5.74, 6) is 0.532. The zero-order valence-electron chi connectivity index (χ0n) is 18.5. The van der Waals surface area contributed by atoms with Crippen molar-refractivity contribution in [2.24, 2.45) is 0 Å². The number of carbonyl (C=O) groups is 1. The first kappa shape index (κ1) is 20.9. The molecule has 0 spiro atoms. The molecule has 0 aromatic carbocycles. The Kier molecular flexibility index (Phi) is 6.29. The normalized spacial score (nSPS) is 17.2. The number of nitrogens with one attached hydrogen (secondary N) is 2. The highest BCUT2D eigenvalue weighted by molar-refractivity contribution is 5.90. The van der Waals surface area contributed by atoms with E-state index in [9.17, 15) is 4.79 Å². The Balaban J connectivity index is 1.23. The molecule has 2 aliphatic rings. The lowest BCUT2D eigenvalue weighted by Crippen LogP contribution is -2.36. The zero-order valence-corrected chi connectivity index (χ0v) is 18.5. The van der Waals surface area contributed by atoms with Gasteiger partial charge in [-0.15, -0.1) is 0 Å². The van der Waals surface area contributed by atoms with Gasteiger partial charge in [0.15, 0.2) is 0 Å². The third-order valence-corrected chi connectivity index (χ3v) is 6.50. The maximum absolute atomic E-state index is 12.3. The van der Waals surface area contributed by atoms with Crippen molar-refractivity contribution in [2.75, 3.05) is 25.0 Å². The summed E-state index contributed by atoms with van der Waals surface area (Å²) in [4.78, 5) is 24.0. The number of hydrogen-bond acceptors (Lipinski definition) is 5. The molecule has 32 heavy (non-hydrogen) atoms. The fourth-order valence-corrected chi connectivity index (χ4v) is 4.74. The predicted molar refractivity (Wildman–Crippen MR) is 125 cm³/mol. The Hall–Kier alpha value is -3.00. The Labute approximate surface area is 188 Å². The lowest BCUT2D eigenvalue weighted by Gasteiger charge is -2.13. The van der Waals surface area contributed by atoms with Crippen LogP contribution in [0.25, 0.3) is 22.2 Å². The lowest BCUT2D eigenvalue weighted by atomic mass is 10.1. The second-order valence-electron chi connectivity index (χ2n) is 8.93. The molecule has 1 aliphatic heterocycles. The first-order valence-corrected chi connectivity index (χ1v) is 11.8. The van der Waals surface area contributed by atoms with Crippen LogP contribution in [-0.2, 0) is 6.54 Å². The molecule has 0 unspecified atom stereocenters. The molecule has 2 N–H and O–H groups in total. The van der Waals surface area contributed by atoms with E-state index in [1.54, 1.807) is 6.07 Å². The van der Waals surface area contributed by atoms with Crippen molar-refractivity contribution in [1.29, 1.82) is 0 Å². The number of anilines is 1. The molecule has 0 bridgehead atoms. The molecule has 2 amide bonds. The van der Waals surface area contributed by atoms with Gasteiger partial charge < -0.3 is 10.2 Å². The topological polar surface area (TPSA) is 88.0 Å². The van der Waals surface area contributed by atoms with Crippen molar-refractivity contribution in [3.05, 3.63) is 36.8 Å². The number of nitrogens with zero attached hydrogens (tertiary/aromatic N) is 5. The van der Waals surface area contributed by atoms with Gasteiger partial charge in [-0.2, -0.15) is 5.10 Å². The number of likely N-dealkylation sites (tertiary alicyclic amines) is 1. The average molecular weight is 434 g/mol. The van der Waals surface area contributed by atoms with Crippen molar-refractivity contribution in [1.82, 2.24) is 30.0 Å². The second-order valence-corrected chi connectivity index (χ2v) is 8.93.